The Morgan fingerprint density at radius 1 is 1.20 bits per heavy atom. The molecule has 0 aliphatic heterocycles. The number of nitrogens with zero attached hydrogens (tertiary/aromatic N) is 1. The number of rotatable bonds is 5. The molecule has 1 heterocycles. The fourth-order valence-electron chi connectivity index (χ4n) is 2.21. The van der Waals surface area contributed by atoms with Crippen LogP contribution in [0.25, 0.3) is 0 Å². The highest BCUT2D eigenvalue weighted by molar-refractivity contribution is 7.11. The lowest BCUT2D eigenvalue weighted by Gasteiger charge is -2.06. The van der Waals surface area contributed by atoms with Crippen LogP contribution in [0, 0.1) is 5.82 Å². The van der Waals surface area contributed by atoms with E-state index in [0.717, 1.165) is 15.4 Å². The number of benzene rings is 2. The maximum atomic E-state index is 12.9. The summed E-state index contributed by atoms with van der Waals surface area (Å²) in [5.41, 5.74) is 1.64. The Hall–Kier alpha value is -2.44. The van der Waals surface area contributed by atoms with Crippen molar-refractivity contribution in [2.75, 3.05) is 5.32 Å². The molecule has 2 N–H and O–H groups in total. The van der Waals surface area contributed by atoms with Gasteiger partial charge in [0.25, 0.3) is 0 Å². The van der Waals surface area contributed by atoms with Crippen LogP contribution in [0.15, 0.2) is 54.7 Å². The summed E-state index contributed by atoms with van der Waals surface area (Å²) in [6.45, 7) is 0.334. The minimum Gasteiger partial charge on any atom is -0.331 e. The zero-order valence-corrected chi connectivity index (χ0v) is 14.7. The lowest BCUT2D eigenvalue weighted by atomic mass is 10.1. The van der Waals surface area contributed by atoms with Gasteiger partial charge in [0.2, 0.25) is 0 Å². The average molecular weight is 376 g/mol. The molecule has 0 saturated heterocycles. The Labute approximate surface area is 153 Å². The zero-order valence-electron chi connectivity index (χ0n) is 13.1. The van der Waals surface area contributed by atoms with Crippen molar-refractivity contribution in [3.8, 4) is 0 Å². The lowest BCUT2D eigenvalue weighted by Crippen LogP contribution is -2.28. The number of hydrogen-bond acceptors (Lipinski definition) is 3. The topological polar surface area (TPSA) is 54.0 Å². The average Bonchev–Trinajstić information content (AvgIpc) is 3.03. The number of amides is 2. The number of aromatic nitrogens is 1. The predicted molar refractivity (Wildman–Crippen MR) is 98.6 cm³/mol. The third-order valence-electron chi connectivity index (χ3n) is 3.38. The fourth-order valence-corrected chi connectivity index (χ4v) is 3.30. The lowest BCUT2D eigenvalue weighted by molar-refractivity contribution is 0.251. The van der Waals surface area contributed by atoms with Crippen LogP contribution in [0.2, 0.25) is 5.02 Å². The monoisotopic (exact) mass is 375 g/mol. The van der Waals surface area contributed by atoms with Crippen LogP contribution in [0.3, 0.4) is 0 Å². The normalized spacial score (nSPS) is 10.5. The van der Waals surface area contributed by atoms with Gasteiger partial charge < -0.3 is 10.6 Å². The summed E-state index contributed by atoms with van der Waals surface area (Å²) in [6, 6.07) is 13.0. The number of urea groups is 1. The minimum absolute atomic E-state index is 0.247. The molecular weight excluding hydrogens is 361 g/mol. The van der Waals surface area contributed by atoms with Gasteiger partial charge in [-0.25, -0.2) is 14.2 Å². The van der Waals surface area contributed by atoms with E-state index in [-0.39, 0.29) is 11.8 Å². The highest BCUT2D eigenvalue weighted by Gasteiger charge is 2.06. The van der Waals surface area contributed by atoms with Gasteiger partial charge >= 0.3 is 6.03 Å². The molecule has 1 aromatic heterocycles. The molecule has 0 unspecified atom stereocenters. The Kier molecular flexibility index (Phi) is 5.63. The van der Waals surface area contributed by atoms with Crippen LogP contribution in [0.4, 0.5) is 14.9 Å². The maximum Gasteiger partial charge on any atom is 0.319 e. The van der Waals surface area contributed by atoms with Crippen molar-refractivity contribution < 1.29 is 9.18 Å². The summed E-state index contributed by atoms with van der Waals surface area (Å²) in [6.07, 6.45) is 2.46. The summed E-state index contributed by atoms with van der Waals surface area (Å²) in [5.74, 6) is -0.247. The van der Waals surface area contributed by atoms with Crippen molar-refractivity contribution in [1.29, 1.82) is 0 Å². The fraction of sp³-hybridized carbons (Fsp3) is 0.111. The van der Waals surface area contributed by atoms with Gasteiger partial charge in [-0.3, -0.25) is 0 Å². The Morgan fingerprint density at radius 2 is 2.00 bits per heavy atom. The second-order valence-electron chi connectivity index (χ2n) is 5.34. The molecule has 0 aliphatic carbocycles. The van der Waals surface area contributed by atoms with E-state index in [1.54, 1.807) is 42.6 Å². The molecule has 0 fully saturated rings. The van der Waals surface area contributed by atoms with Gasteiger partial charge in [0.1, 0.15) is 10.8 Å². The van der Waals surface area contributed by atoms with Gasteiger partial charge in [0.05, 0.1) is 6.54 Å². The van der Waals surface area contributed by atoms with Crippen LogP contribution >= 0.6 is 22.9 Å². The molecule has 7 heteroatoms. The Morgan fingerprint density at radius 3 is 2.76 bits per heavy atom. The van der Waals surface area contributed by atoms with Crippen molar-refractivity contribution in [2.45, 2.75) is 13.0 Å². The molecule has 0 bridgehead atoms. The van der Waals surface area contributed by atoms with E-state index in [2.05, 4.69) is 15.6 Å². The van der Waals surface area contributed by atoms with Crippen LogP contribution < -0.4 is 10.6 Å². The van der Waals surface area contributed by atoms with Crippen LogP contribution in [-0.4, -0.2) is 11.0 Å². The first-order chi connectivity index (χ1) is 12.1. The number of halogens is 2. The second-order valence-corrected chi connectivity index (χ2v) is 6.98. The number of carbonyl (C=O) groups is 1. The molecule has 0 radical (unpaired) electrons. The number of thiazole rings is 1. The van der Waals surface area contributed by atoms with E-state index in [1.807, 2.05) is 0 Å². The van der Waals surface area contributed by atoms with Crippen molar-refractivity contribution in [3.05, 3.63) is 81.0 Å². The van der Waals surface area contributed by atoms with Gasteiger partial charge in [0.15, 0.2) is 0 Å². The SMILES string of the molecule is O=C(NCc1ncc(Cc2ccc(F)cc2)s1)Nc1cccc(Cl)c1. The van der Waals surface area contributed by atoms with Gasteiger partial charge in [0, 0.05) is 28.2 Å². The van der Waals surface area contributed by atoms with E-state index in [1.165, 1.54) is 23.5 Å². The molecule has 0 aliphatic rings. The van der Waals surface area contributed by atoms with Crippen molar-refractivity contribution >= 4 is 34.7 Å². The number of carbonyl (C=O) groups excluding carboxylic acids is 1. The Balaban J connectivity index is 1.51. The van der Waals surface area contributed by atoms with E-state index in [4.69, 9.17) is 11.6 Å². The van der Waals surface area contributed by atoms with Crippen LogP contribution in [0.5, 0.6) is 0 Å². The minimum atomic E-state index is -0.322. The summed E-state index contributed by atoms with van der Waals surface area (Å²) < 4.78 is 12.9. The standard InChI is InChI=1S/C18H15ClFN3OS/c19-13-2-1-3-15(9-13)23-18(24)22-11-17-21-10-16(25-17)8-12-4-6-14(20)7-5-12/h1-7,9-10H,8,11H2,(H2,22,23,24). The molecule has 0 spiro atoms. The van der Waals surface area contributed by atoms with Gasteiger partial charge in [-0.2, -0.15) is 0 Å². The summed E-state index contributed by atoms with van der Waals surface area (Å²) >= 11 is 7.39. The van der Waals surface area contributed by atoms with Gasteiger partial charge in [-0.1, -0.05) is 29.8 Å². The number of hydrogen-bond donors (Lipinski definition) is 2. The van der Waals surface area contributed by atoms with Gasteiger partial charge in [-0.15, -0.1) is 11.3 Å². The van der Waals surface area contributed by atoms with E-state index in [0.29, 0.717) is 23.7 Å². The molecule has 3 rings (SSSR count). The second kappa shape index (κ2) is 8.09. The molecule has 0 saturated carbocycles. The molecule has 128 valence electrons. The maximum absolute atomic E-state index is 12.9. The highest BCUT2D eigenvalue weighted by Crippen LogP contribution is 2.18. The molecule has 0 atom stereocenters. The molecule has 3 aromatic rings. The Bertz CT molecular complexity index is 867. The smallest absolute Gasteiger partial charge is 0.319 e. The van der Waals surface area contributed by atoms with Crippen LogP contribution in [0.1, 0.15) is 15.4 Å². The zero-order chi connectivity index (χ0) is 17.6. The predicted octanol–water partition coefficient (Wildman–Crippen LogP) is 4.85. The third-order valence-corrected chi connectivity index (χ3v) is 4.61. The van der Waals surface area contributed by atoms with E-state index >= 15 is 0 Å². The first-order valence-corrected chi connectivity index (χ1v) is 8.76. The highest BCUT2D eigenvalue weighted by atomic mass is 35.5. The van der Waals surface area contributed by atoms with E-state index < -0.39 is 0 Å². The molecule has 2 amide bonds. The van der Waals surface area contributed by atoms with Gasteiger partial charge in [-0.05, 0) is 35.9 Å². The quantitative estimate of drug-likeness (QED) is 0.669. The van der Waals surface area contributed by atoms with Crippen molar-refractivity contribution in [1.82, 2.24) is 10.3 Å². The third kappa shape index (κ3) is 5.27. The first-order valence-electron chi connectivity index (χ1n) is 7.57. The number of anilines is 1. The largest absolute Gasteiger partial charge is 0.331 e. The molecule has 4 nitrogen and oxygen atoms in total. The summed E-state index contributed by atoms with van der Waals surface area (Å²) in [4.78, 5) is 17.3. The first kappa shape index (κ1) is 17.4. The van der Waals surface area contributed by atoms with Crippen molar-refractivity contribution in [3.63, 3.8) is 0 Å². The molecular formula is C18H15ClFN3OS. The molecule has 25 heavy (non-hydrogen) atoms. The van der Waals surface area contributed by atoms with Crippen molar-refractivity contribution in [2.24, 2.45) is 0 Å². The summed E-state index contributed by atoms with van der Waals surface area (Å²) in [5, 5.41) is 6.83. The van der Waals surface area contributed by atoms with E-state index in [9.17, 15) is 9.18 Å². The number of nitrogens with one attached hydrogen (secondary N) is 2. The van der Waals surface area contributed by atoms with Crippen LogP contribution in [-0.2, 0) is 13.0 Å². The summed E-state index contributed by atoms with van der Waals surface area (Å²) in [7, 11) is 0. The molecule has 2 aromatic carbocycles.